The molecule has 0 unspecified atom stereocenters. The minimum absolute atomic E-state index is 0. The highest BCUT2D eigenvalue weighted by atomic mass is 19.0. The second kappa shape index (κ2) is 3.00. The normalized spacial score (nSPS) is 10.3. The van der Waals surface area contributed by atoms with Gasteiger partial charge in [-0.1, -0.05) is 34.1 Å². The van der Waals surface area contributed by atoms with E-state index in [9.17, 15) is 0 Å². The van der Waals surface area contributed by atoms with Gasteiger partial charge in [0.2, 0.25) is 0 Å². The molecule has 0 aromatic rings. The molecule has 0 spiro atoms. The van der Waals surface area contributed by atoms with E-state index in [1.54, 1.807) is 0 Å². The second-order valence-electron chi connectivity index (χ2n) is 2.91. The van der Waals surface area contributed by atoms with Crippen molar-refractivity contribution in [3.05, 3.63) is 0 Å². The standard InChI is InChI=1S/C6H14.FH/c1-5-6(2,3)4;/h5H2,1-4H3;1H. The minimum Gasteiger partial charge on any atom is -0.269 e. The maximum absolute atomic E-state index is 2.24. The first-order valence-electron chi connectivity index (χ1n) is 2.56. The van der Waals surface area contributed by atoms with E-state index < -0.39 is 0 Å². The van der Waals surface area contributed by atoms with Gasteiger partial charge in [0.15, 0.2) is 0 Å². The molecule has 0 rings (SSSR count). The number of hydrogen-bond donors (Lipinski definition) is 0. The van der Waals surface area contributed by atoms with Crippen LogP contribution in [0.1, 0.15) is 34.1 Å². The third kappa shape index (κ3) is 10.7. The summed E-state index contributed by atoms with van der Waals surface area (Å²) in [5, 5.41) is 0. The number of rotatable bonds is 0. The molecule has 0 aliphatic rings. The van der Waals surface area contributed by atoms with Crippen LogP contribution >= 0.6 is 0 Å². The fraction of sp³-hybridized carbons (Fsp3) is 1.00. The van der Waals surface area contributed by atoms with Crippen LogP contribution < -0.4 is 0 Å². The van der Waals surface area contributed by atoms with Crippen LogP contribution in [0.4, 0.5) is 4.70 Å². The van der Waals surface area contributed by atoms with Gasteiger partial charge in [-0.3, -0.25) is 4.70 Å². The molecule has 0 aromatic heterocycles. The first-order chi connectivity index (χ1) is 2.56. The quantitative estimate of drug-likeness (QED) is 0.445. The SMILES string of the molecule is CCC(C)(C)C.F. The summed E-state index contributed by atoms with van der Waals surface area (Å²) in [5.74, 6) is 0. The average molecular weight is 106 g/mol. The molecule has 0 aromatic carbocycles. The van der Waals surface area contributed by atoms with E-state index in [0.29, 0.717) is 5.41 Å². The summed E-state index contributed by atoms with van der Waals surface area (Å²) in [6, 6.07) is 0. The zero-order valence-electron chi connectivity index (χ0n) is 5.62. The summed E-state index contributed by atoms with van der Waals surface area (Å²) in [5.41, 5.74) is 0.542. The predicted octanol–water partition coefficient (Wildman–Crippen LogP) is 2.60. The highest BCUT2D eigenvalue weighted by Crippen LogP contribution is 2.16. The van der Waals surface area contributed by atoms with Crippen LogP contribution in [0.3, 0.4) is 0 Å². The van der Waals surface area contributed by atoms with Crippen molar-refractivity contribution in [2.75, 3.05) is 0 Å². The first kappa shape index (κ1) is 10.0. The van der Waals surface area contributed by atoms with Crippen molar-refractivity contribution in [3.8, 4) is 0 Å². The molecule has 0 amide bonds. The first-order valence-corrected chi connectivity index (χ1v) is 2.56. The van der Waals surface area contributed by atoms with Crippen LogP contribution in [0.25, 0.3) is 0 Å². The third-order valence-corrected chi connectivity index (χ3v) is 1.06. The fourth-order valence-electron chi connectivity index (χ4n) is 0. The summed E-state index contributed by atoms with van der Waals surface area (Å²) in [6.07, 6.45) is 1.27. The summed E-state index contributed by atoms with van der Waals surface area (Å²) >= 11 is 0. The average Bonchev–Trinajstić information content (AvgIpc) is 1.35. The van der Waals surface area contributed by atoms with Crippen LogP contribution in [0.5, 0.6) is 0 Å². The zero-order chi connectivity index (χ0) is 5.21. The van der Waals surface area contributed by atoms with Crippen LogP contribution in [-0.4, -0.2) is 0 Å². The molecule has 0 nitrogen and oxygen atoms in total. The van der Waals surface area contributed by atoms with Gasteiger partial charge in [0, 0.05) is 0 Å². The summed E-state index contributed by atoms with van der Waals surface area (Å²) in [4.78, 5) is 0. The Labute approximate surface area is 45.3 Å². The number of hydrogen-bond acceptors (Lipinski definition) is 0. The molecule has 0 saturated heterocycles. The molecule has 1 heteroatoms. The Bertz CT molecular complexity index is 33.9. The van der Waals surface area contributed by atoms with E-state index in [2.05, 4.69) is 27.7 Å². The van der Waals surface area contributed by atoms with E-state index in [4.69, 9.17) is 0 Å². The molecule has 46 valence electrons. The predicted molar refractivity (Wildman–Crippen MR) is 32.2 cm³/mol. The monoisotopic (exact) mass is 106 g/mol. The number of halogens is 1. The highest BCUT2D eigenvalue weighted by molar-refractivity contribution is 4.55. The van der Waals surface area contributed by atoms with E-state index in [1.807, 2.05) is 0 Å². The van der Waals surface area contributed by atoms with Gasteiger partial charge >= 0.3 is 0 Å². The lowest BCUT2D eigenvalue weighted by atomic mass is 9.94. The Balaban J connectivity index is 0. The minimum atomic E-state index is 0. The molecule has 0 radical (unpaired) electrons. The van der Waals surface area contributed by atoms with Gasteiger partial charge in [-0.05, 0) is 5.41 Å². The highest BCUT2D eigenvalue weighted by Gasteiger charge is 2.03. The fourth-order valence-corrected chi connectivity index (χ4v) is 0. The zero-order valence-corrected chi connectivity index (χ0v) is 5.62. The molecule has 0 aliphatic carbocycles. The molecule has 0 N–H and O–H groups in total. The Morgan fingerprint density at radius 2 is 1.29 bits per heavy atom. The van der Waals surface area contributed by atoms with Gasteiger partial charge in [-0.2, -0.15) is 0 Å². The van der Waals surface area contributed by atoms with Gasteiger partial charge in [0.25, 0.3) is 0 Å². The topological polar surface area (TPSA) is 0 Å². The van der Waals surface area contributed by atoms with E-state index >= 15 is 0 Å². The van der Waals surface area contributed by atoms with Crippen LogP contribution in [0.2, 0.25) is 0 Å². The van der Waals surface area contributed by atoms with Gasteiger partial charge in [-0.25, -0.2) is 0 Å². The van der Waals surface area contributed by atoms with Crippen LogP contribution in [0.15, 0.2) is 0 Å². The van der Waals surface area contributed by atoms with Gasteiger partial charge < -0.3 is 0 Å². The van der Waals surface area contributed by atoms with E-state index in [1.165, 1.54) is 6.42 Å². The van der Waals surface area contributed by atoms with Crippen molar-refractivity contribution >= 4 is 0 Å². The maximum atomic E-state index is 2.24. The van der Waals surface area contributed by atoms with Crippen molar-refractivity contribution in [1.82, 2.24) is 0 Å². The molecule has 0 fully saturated rings. The van der Waals surface area contributed by atoms with Crippen LogP contribution in [-0.2, 0) is 0 Å². The molecule has 7 heavy (non-hydrogen) atoms. The molecule has 0 saturated carbocycles. The summed E-state index contributed by atoms with van der Waals surface area (Å²) in [7, 11) is 0. The molecular formula is C6H15F. The Hall–Kier alpha value is -0.0700. The van der Waals surface area contributed by atoms with Gasteiger partial charge in [0.1, 0.15) is 0 Å². The van der Waals surface area contributed by atoms with Gasteiger partial charge in [0.05, 0.1) is 0 Å². The van der Waals surface area contributed by atoms with Crippen molar-refractivity contribution in [1.29, 1.82) is 0 Å². The maximum Gasteiger partial charge on any atom is -0.0385 e. The van der Waals surface area contributed by atoms with Crippen molar-refractivity contribution in [2.45, 2.75) is 34.1 Å². The molecule has 0 atom stereocenters. The second-order valence-corrected chi connectivity index (χ2v) is 2.91. The van der Waals surface area contributed by atoms with E-state index in [0.717, 1.165) is 0 Å². The van der Waals surface area contributed by atoms with Crippen molar-refractivity contribution in [2.24, 2.45) is 5.41 Å². The van der Waals surface area contributed by atoms with Crippen LogP contribution in [0, 0.1) is 5.41 Å². The largest absolute Gasteiger partial charge is 0.269 e. The lowest BCUT2D eigenvalue weighted by Crippen LogP contribution is -2.00. The van der Waals surface area contributed by atoms with E-state index in [-0.39, 0.29) is 4.70 Å². The lowest BCUT2D eigenvalue weighted by molar-refractivity contribution is 0.398. The van der Waals surface area contributed by atoms with Gasteiger partial charge in [-0.15, -0.1) is 0 Å². The molecule has 0 heterocycles. The van der Waals surface area contributed by atoms with Crippen molar-refractivity contribution in [3.63, 3.8) is 0 Å². The summed E-state index contributed by atoms with van der Waals surface area (Å²) in [6.45, 7) is 8.94. The third-order valence-electron chi connectivity index (χ3n) is 1.06. The smallest absolute Gasteiger partial charge is 0.0385 e. The molecule has 0 bridgehead atoms. The Morgan fingerprint density at radius 3 is 1.29 bits per heavy atom. The Morgan fingerprint density at radius 1 is 1.14 bits per heavy atom. The van der Waals surface area contributed by atoms with Crippen molar-refractivity contribution < 1.29 is 4.70 Å². The molecular weight excluding hydrogens is 91.1 g/mol. The summed E-state index contributed by atoms with van der Waals surface area (Å²) < 4.78 is 0. The Kier molecular flexibility index (Phi) is 4.30. The lowest BCUT2D eigenvalue weighted by Gasteiger charge is -2.12. The molecule has 0 aliphatic heterocycles.